The van der Waals surface area contributed by atoms with Gasteiger partial charge in [0.05, 0.1) is 22.7 Å². The molecule has 0 aromatic carbocycles. The van der Waals surface area contributed by atoms with Crippen molar-refractivity contribution in [1.29, 1.82) is 0 Å². The number of ketones is 2. The highest BCUT2D eigenvalue weighted by molar-refractivity contribution is 5.81. The largest absolute Gasteiger partial charge is 0.331 e. The molecule has 0 fully saturated rings. The highest BCUT2D eigenvalue weighted by Gasteiger charge is 2.33. The lowest BCUT2D eigenvalue weighted by Crippen LogP contribution is -2.01. The second kappa shape index (κ2) is 7.37. The number of nitrogens with one attached hydrogen (secondary N) is 2. The molecule has 0 unspecified atom stereocenters. The van der Waals surface area contributed by atoms with Crippen LogP contribution in [0.25, 0.3) is 23.1 Å². The van der Waals surface area contributed by atoms with Crippen LogP contribution in [0.5, 0.6) is 0 Å². The van der Waals surface area contributed by atoms with Crippen molar-refractivity contribution in [2.24, 2.45) is 0 Å². The molecule has 3 aromatic heterocycles. The first-order valence-corrected chi connectivity index (χ1v) is 7.95. The first kappa shape index (κ1) is 19.5. The van der Waals surface area contributed by atoms with Gasteiger partial charge in [0.1, 0.15) is 23.0 Å². The third kappa shape index (κ3) is 3.73. The first-order chi connectivity index (χ1) is 13.7. The number of H-pyrrole nitrogens is 2. The summed E-state index contributed by atoms with van der Waals surface area (Å²) in [6.45, 7) is 2.51. The minimum Gasteiger partial charge on any atom is -0.331 e. The molecule has 0 saturated heterocycles. The molecule has 3 heterocycles. The summed E-state index contributed by atoms with van der Waals surface area (Å²) in [5.74, 6) is -1.40. The fourth-order valence-corrected chi connectivity index (χ4v) is 2.60. The zero-order valence-corrected chi connectivity index (χ0v) is 15.0. The SMILES string of the molecule is CC(=O)Cc1[nH]nc(-c2noc(-c3n[nH]c(CC(C)=O)c3[N+](=O)[O-])n2)c1[N+](=O)[O-]. The second-order valence-corrected chi connectivity index (χ2v) is 5.99. The standard InChI is InChI=1S/C14H12N8O7/c1-5(23)3-7-11(21(25)26)9(18-16-7)13-15-14(29-20-13)10-12(22(27)28)8(17-19-10)4-6(2)24/h3-4H2,1-2H3,(H,16,18)(H,17,19). The minimum atomic E-state index is -0.761. The number of carbonyl (C=O) groups is 2. The van der Waals surface area contributed by atoms with Crippen molar-refractivity contribution < 1.29 is 24.0 Å². The Bertz CT molecular complexity index is 1050. The number of nitro groups is 2. The highest BCUT2D eigenvalue weighted by atomic mass is 16.6. The molecule has 0 saturated carbocycles. The van der Waals surface area contributed by atoms with Gasteiger partial charge >= 0.3 is 11.4 Å². The van der Waals surface area contributed by atoms with Gasteiger partial charge in [-0.25, -0.2) is 0 Å². The number of nitrogens with zero attached hydrogens (tertiary/aromatic N) is 6. The van der Waals surface area contributed by atoms with Crippen LogP contribution in [0.15, 0.2) is 4.52 Å². The number of aromatic nitrogens is 6. The maximum atomic E-state index is 11.4. The summed E-state index contributed by atoms with van der Waals surface area (Å²) < 4.78 is 4.96. The van der Waals surface area contributed by atoms with Crippen LogP contribution in [0.3, 0.4) is 0 Å². The lowest BCUT2D eigenvalue weighted by atomic mass is 10.2. The van der Waals surface area contributed by atoms with Crippen LogP contribution >= 0.6 is 0 Å². The van der Waals surface area contributed by atoms with Crippen molar-refractivity contribution in [3.63, 3.8) is 0 Å². The molecule has 3 rings (SSSR count). The molecule has 29 heavy (non-hydrogen) atoms. The predicted molar refractivity (Wildman–Crippen MR) is 91.5 cm³/mol. The van der Waals surface area contributed by atoms with Crippen molar-refractivity contribution in [3.8, 4) is 23.1 Å². The van der Waals surface area contributed by atoms with E-state index in [1.54, 1.807) is 0 Å². The molecular formula is C14H12N8O7. The number of aromatic amines is 2. The summed E-state index contributed by atoms with van der Waals surface area (Å²) in [4.78, 5) is 47.7. The zero-order valence-electron chi connectivity index (χ0n) is 15.0. The Morgan fingerprint density at radius 3 is 1.90 bits per heavy atom. The number of Topliss-reactive ketones (excluding diaryl/α,β-unsaturated/α-hetero) is 2. The van der Waals surface area contributed by atoms with Crippen LogP contribution in [0.4, 0.5) is 11.4 Å². The zero-order chi connectivity index (χ0) is 21.3. The van der Waals surface area contributed by atoms with E-state index in [9.17, 15) is 29.8 Å². The maximum Gasteiger partial charge on any atom is 0.323 e. The molecular weight excluding hydrogens is 392 g/mol. The molecule has 0 spiro atoms. The van der Waals surface area contributed by atoms with Gasteiger partial charge in [0, 0.05) is 0 Å². The van der Waals surface area contributed by atoms with Crippen molar-refractivity contribution >= 4 is 22.9 Å². The van der Waals surface area contributed by atoms with Crippen molar-refractivity contribution in [2.75, 3.05) is 0 Å². The van der Waals surface area contributed by atoms with E-state index in [0.29, 0.717) is 0 Å². The van der Waals surface area contributed by atoms with Crippen LogP contribution in [-0.4, -0.2) is 51.9 Å². The van der Waals surface area contributed by atoms with E-state index in [2.05, 4.69) is 30.5 Å². The number of rotatable bonds is 8. The molecule has 0 radical (unpaired) electrons. The Labute approximate surface area is 159 Å². The normalized spacial score (nSPS) is 10.8. The van der Waals surface area contributed by atoms with E-state index in [4.69, 9.17) is 4.52 Å². The van der Waals surface area contributed by atoms with E-state index >= 15 is 0 Å². The lowest BCUT2D eigenvalue weighted by Gasteiger charge is -1.93. The van der Waals surface area contributed by atoms with Crippen LogP contribution in [0, 0.1) is 20.2 Å². The molecule has 0 aliphatic rings. The van der Waals surface area contributed by atoms with Gasteiger partial charge in [0.15, 0.2) is 0 Å². The van der Waals surface area contributed by atoms with Gasteiger partial charge in [-0.3, -0.25) is 40.0 Å². The first-order valence-electron chi connectivity index (χ1n) is 7.95. The molecule has 150 valence electrons. The summed E-state index contributed by atoms with van der Waals surface area (Å²) in [7, 11) is 0. The average molecular weight is 404 g/mol. The molecule has 0 atom stereocenters. The van der Waals surface area contributed by atoms with Crippen LogP contribution in [0.2, 0.25) is 0 Å². The van der Waals surface area contributed by atoms with Crippen molar-refractivity contribution in [3.05, 3.63) is 31.6 Å². The Balaban J connectivity index is 2.05. The van der Waals surface area contributed by atoms with Gasteiger partial charge in [-0.1, -0.05) is 5.16 Å². The minimum absolute atomic E-state index is 0.0432. The Kier molecular flexibility index (Phi) is 4.95. The summed E-state index contributed by atoms with van der Waals surface area (Å²) >= 11 is 0. The summed E-state index contributed by atoms with van der Waals surface area (Å²) in [5, 5.41) is 38.6. The quantitative estimate of drug-likeness (QED) is 0.397. The Morgan fingerprint density at radius 1 is 0.931 bits per heavy atom. The van der Waals surface area contributed by atoms with E-state index in [0.717, 1.165) is 0 Å². The number of hydrogen-bond acceptors (Lipinski definition) is 11. The van der Waals surface area contributed by atoms with Crippen LogP contribution in [0.1, 0.15) is 25.2 Å². The van der Waals surface area contributed by atoms with Gasteiger partial charge in [0.2, 0.25) is 17.2 Å². The van der Waals surface area contributed by atoms with Crippen LogP contribution in [-0.2, 0) is 22.4 Å². The molecule has 3 aromatic rings. The summed E-state index contributed by atoms with van der Waals surface area (Å²) in [6.07, 6.45) is -0.517. The Morgan fingerprint density at radius 2 is 1.41 bits per heavy atom. The summed E-state index contributed by atoms with van der Waals surface area (Å²) in [6, 6.07) is 0. The maximum absolute atomic E-state index is 11.4. The van der Waals surface area contributed by atoms with E-state index in [1.807, 2.05) is 0 Å². The predicted octanol–water partition coefficient (Wildman–Crippen LogP) is 0.929. The summed E-state index contributed by atoms with van der Waals surface area (Å²) in [5.41, 5.74) is -1.76. The molecule has 15 heteroatoms. The third-order valence-electron chi connectivity index (χ3n) is 3.68. The van der Waals surface area contributed by atoms with Crippen molar-refractivity contribution in [2.45, 2.75) is 26.7 Å². The molecule has 0 bridgehead atoms. The molecule has 15 nitrogen and oxygen atoms in total. The third-order valence-corrected chi connectivity index (χ3v) is 3.68. The van der Waals surface area contributed by atoms with Gasteiger partial charge in [-0.05, 0) is 13.8 Å². The van der Waals surface area contributed by atoms with E-state index in [-0.39, 0.29) is 53.0 Å². The monoisotopic (exact) mass is 404 g/mol. The van der Waals surface area contributed by atoms with E-state index < -0.39 is 27.1 Å². The van der Waals surface area contributed by atoms with Crippen LogP contribution < -0.4 is 0 Å². The molecule has 0 aliphatic heterocycles. The van der Waals surface area contributed by atoms with Gasteiger partial charge in [-0.15, -0.1) is 0 Å². The second-order valence-electron chi connectivity index (χ2n) is 5.99. The molecule has 2 N–H and O–H groups in total. The smallest absolute Gasteiger partial charge is 0.323 e. The Hall–Kier alpha value is -4.30. The number of carbonyl (C=O) groups excluding carboxylic acids is 2. The van der Waals surface area contributed by atoms with Gasteiger partial charge in [0.25, 0.3) is 5.89 Å². The highest BCUT2D eigenvalue weighted by Crippen LogP contribution is 2.34. The molecule has 0 aliphatic carbocycles. The van der Waals surface area contributed by atoms with E-state index in [1.165, 1.54) is 13.8 Å². The van der Waals surface area contributed by atoms with Gasteiger partial charge in [-0.2, -0.15) is 15.2 Å². The fraction of sp³-hybridized carbons (Fsp3) is 0.286. The topological polar surface area (TPSA) is 217 Å². The lowest BCUT2D eigenvalue weighted by molar-refractivity contribution is -0.385. The van der Waals surface area contributed by atoms with Gasteiger partial charge < -0.3 is 4.52 Å². The number of hydrogen-bond donors (Lipinski definition) is 2. The molecule has 0 amide bonds. The average Bonchev–Trinajstić information content (AvgIpc) is 3.30. The fourth-order valence-electron chi connectivity index (χ4n) is 2.60. The van der Waals surface area contributed by atoms with Crippen molar-refractivity contribution in [1.82, 2.24) is 30.5 Å².